The van der Waals surface area contributed by atoms with Gasteiger partial charge in [-0.3, -0.25) is 0 Å². The fraction of sp³-hybridized carbons (Fsp3) is 0.600. The third kappa shape index (κ3) is 3.96. The lowest BCUT2D eigenvalue weighted by molar-refractivity contribution is 0.504. The van der Waals surface area contributed by atoms with Crippen LogP contribution in [0.4, 0.5) is 0 Å². The van der Waals surface area contributed by atoms with Crippen LogP contribution in [0.25, 0.3) is 0 Å². The highest BCUT2D eigenvalue weighted by atomic mass is 35.5. The van der Waals surface area contributed by atoms with Gasteiger partial charge in [0.05, 0.1) is 11.0 Å². The van der Waals surface area contributed by atoms with Crippen LogP contribution in [0.2, 0.25) is 5.02 Å². The van der Waals surface area contributed by atoms with Gasteiger partial charge in [0, 0.05) is 11.1 Å². The average Bonchev–Trinajstić information content (AvgIpc) is 2.88. The van der Waals surface area contributed by atoms with Crippen molar-refractivity contribution in [1.29, 1.82) is 0 Å². The van der Waals surface area contributed by atoms with Crippen molar-refractivity contribution in [3.05, 3.63) is 34.9 Å². The molecule has 1 saturated carbocycles. The van der Waals surface area contributed by atoms with Crippen molar-refractivity contribution in [3.8, 4) is 0 Å². The maximum absolute atomic E-state index is 12.6. The second-order valence-electron chi connectivity index (χ2n) is 5.46. The number of benzene rings is 1. The topological polar surface area (TPSA) is 46.2 Å². The predicted molar refractivity (Wildman–Crippen MR) is 83.8 cm³/mol. The van der Waals surface area contributed by atoms with Gasteiger partial charge in [0.25, 0.3) is 0 Å². The summed E-state index contributed by atoms with van der Waals surface area (Å²) in [5, 5.41) is 3.77. The van der Waals surface area contributed by atoms with Crippen molar-refractivity contribution in [1.82, 2.24) is 5.32 Å². The second-order valence-corrected chi connectivity index (χ2v) is 8.12. The summed E-state index contributed by atoms with van der Waals surface area (Å²) in [7, 11) is -3.11. The van der Waals surface area contributed by atoms with E-state index in [0.717, 1.165) is 37.8 Å². The quantitative estimate of drug-likeness (QED) is 0.877. The summed E-state index contributed by atoms with van der Waals surface area (Å²) in [6.07, 6.45) is 3.76. The van der Waals surface area contributed by atoms with Crippen molar-refractivity contribution >= 4 is 21.4 Å². The van der Waals surface area contributed by atoms with Crippen LogP contribution in [0.3, 0.4) is 0 Å². The van der Waals surface area contributed by atoms with Crippen LogP contribution in [0.15, 0.2) is 24.3 Å². The van der Waals surface area contributed by atoms with Crippen LogP contribution in [-0.4, -0.2) is 26.3 Å². The van der Waals surface area contributed by atoms with E-state index in [2.05, 4.69) is 12.2 Å². The molecule has 20 heavy (non-hydrogen) atoms. The predicted octanol–water partition coefficient (Wildman–Crippen LogP) is 3.18. The Hall–Kier alpha value is -0.580. The molecule has 0 spiro atoms. The zero-order chi connectivity index (χ0) is 14.6. The van der Waals surface area contributed by atoms with Crippen LogP contribution in [0.5, 0.6) is 0 Å². The van der Waals surface area contributed by atoms with Gasteiger partial charge in [-0.05, 0) is 43.5 Å². The first-order valence-electron chi connectivity index (χ1n) is 7.22. The Labute approximate surface area is 126 Å². The first-order valence-corrected chi connectivity index (χ1v) is 9.31. The minimum atomic E-state index is -3.11. The van der Waals surface area contributed by atoms with E-state index < -0.39 is 9.84 Å². The molecule has 1 aliphatic carbocycles. The van der Waals surface area contributed by atoms with Gasteiger partial charge in [-0.2, -0.15) is 0 Å². The molecular formula is C15H22ClNO2S. The second kappa shape index (κ2) is 6.92. The summed E-state index contributed by atoms with van der Waals surface area (Å²) >= 11 is 5.83. The molecule has 0 bridgehead atoms. The molecule has 1 aromatic carbocycles. The van der Waals surface area contributed by atoms with E-state index in [-0.39, 0.29) is 17.0 Å². The molecule has 5 heteroatoms. The van der Waals surface area contributed by atoms with Gasteiger partial charge < -0.3 is 5.32 Å². The molecule has 112 valence electrons. The van der Waals surface area contributed by atoms with Crippen molar-refractivity contribution in [2.45, 2.75) is 49.7 Å². The first-order chi connectivity index (χ1) is 9.53. The fourth-order valence-electron chi connectivity index (χ4n) is 2.84. The van der Waals surface area contributed by atoms with Gasteiger partial charge in [-0.1, -0.05) is 37.1 Å². The van der Waals surface area contributed by atoms with E-state index in [1.54, 1.807) is 24.3 Å². The third-order valence-corrected chi connectivity index (χ3v) is 6.33. The number of rotatable bonds is 6. The first kappa shape index (κ1) is 15.8. The van der Waals surface area contributed by atoms with Gasteiger partial charge in [-0.15, -0.1) is 0 Å². The van der Waals surface area contributed by atoms with E-state index in [0.29, 0.717) is 5.02 Å². The maximum Gasteiger partial charge on any atom is 0.158 e. The standard InChI is InChI=1S/C15H22ClNO2S/c1-2-10-17-14-4-3-5-15(14)20(18,19)11-12-6-8-13(16)9-7-12/h6-9,14-15,17H,2-5,10-11H2,1H3. The van der Waals surface area contributed by atoms with E-state index in [9.17, 15) is 8.42 Å². The molecule has 2 rings (SSSR count). The number of halogens is 1. The van der Waals surface area contributed by atoms with Crippen molar-refractivity contribution in [3.63, 3.8) is 0 Å². The molecule has 0 radical (unpaired) electrons. The summed E-state index contributed by atoms with van der Waals surface area (Å²) in [4.78, 5) is 0. The number of sulfone groups is 1. The molecule has 1 fully saturated rings. The van der Waals surface area contributed by atoms with Crippen LogP contribution in [0.1, 0.15) is 38.2 Å². The highest BCUT2D eigenvalue weighted by Crippen LogP contribution is 2.28. The largest absolute Gasteiger partial charge is 0.313 e. The molecule has 0 amide bonds. The Kier molecular flexibility index (Phi) is 5.47. The molecule has 0 saturated heterocycles. The smallest absolute Gasteiger partial charge is 0.158 e. The lowest BCUT2D eigenvalue weighted by atomic mass is 10.2. The summed E-state index contributed by atoms with van der Waals surface area (Å²) in [6.45, 7) is 2.98. The van der Waals surface area contributed by atoms with Crippen LogP contribution in [0, 0.1) is 0 Å². The molecule has 0 aromatic heterocycles. The van der Waals surface area contributed by atoms with Gasteiger partial charge in [0.1, 0.15) is 0 Å². The number of hydrogen-bond acceptors (Lipinski definition) is 3. The van der Waals surface area contributed by atoms with Crippen molar-refractivity contribution in [2.24, 2.45) is 0 Å². The summed E-state index contributed by atoms with van der Waals surface area (Å²) in [5.74, 6) is 0.110. The molecule has 2 atom stereocenters. The Balaban J connectivity index is 2.07. The van der Waals surface area contributed by atoms with Gasteiger partial charge in [0.2, 0.25) is 0 Å². The van der Waals surface area contributed by atoms with E-state index in [4.69, 9.17) is 11.6 Å². The number of nitrogens with one attached hydrogen (secondary N) is 1. The van der Waals surface area contributed by atoms with Crippen LogP contribution in [-0.2, 0) is 15.6 Å². The monoisotopic (exact) mass is 315 g/mol. The Morgan fingerprint density at radius 1 is 1.25 bits per heavy atom. The highest BCUT2D eigenvalue weighted by Gasteiger charge is 2.36. The molecule has 0 aliphatic heterocycles. The SMILES string of the molecule is CCCNC1CCCC1S(=O)(=O)Cc1ccc(Cl)cc1. The minimum Gasteiger partial charge on any atom is -0.313 e. The highest BCUT2D eigenvalue weighted by molar-refractivity contribution is 7.91. The van der Waals surface area contributed by atoms with E-state index >= 15 is 0 Å². The molecule has 0 heterocycles. The molecular weight excluding hydrogens is 294 g/mol. The van der Waals surface area contributed by atoms with Crippen molar-refractivity contribution in [2.75, 3.05) is 6.54 Å². The maximum atomic E-state index is 12.6. The van der Waals surface area contributed by atoms with Gasteiger partial charge in [-0.25, -0.2) is 8.42 Å². The van der Waals surface area contributed by atoms with Gasteiger partial charge >= 0.3 is 0 Å². The zero-order valence-corrected chi connectivity index (χ0v) is 13.4. The summed E-state index contributed by atoms with van der Waals surface area (Å²) in [6, 6.07) is 7.20. The third-order valence-electron chi connectivity index (χ3n) is 3.85. The average molecular weight is 316 g/mol. The zero-order valence-electron chi connectivity index (χ0n) is 11.8. The Bertz CT molecular complexity index is 527. The lowest BCUT2D eigenvalue weighted by Crippen LogP contribution is -2.41. The van der Waals surface area contributed by atoms with E-state index in [1.807, 2.05) is 0 Å². The Morgan fingerprint density at radius 2 is 1.95 bits per heavy atom. The van der Waals surface area contributed by atoms with Gasteiger partial charge in [0.15, 0.2) is 9.84 Å². The van der Waals surface area contributed by atoms with Crippen molar-refractivity contribution < 1.29 is 8.42 Å². The van der Waals surface area contributed by atoms with E-state index in [1.165, 1.54) is 0 Å². The minimum absolute atomic E-state index is 0.110. The van der Waals surface area contributed by atoms with Crippen LogP contribution >= 0.6 is 11.6 Å². The molecule has 1 aromatic rings. The Morgan fingerprint density at radius 3 is 2.60 bits per heavy atom. The molecule has 3 nitrogen and oxygen atoms in total. The normalized spacial score (nSPS) is 23.1. The summed E-state index contributed by atoms with van der Waals surface area (Å²) in [5.41, 5.74) is 0.815. The van der Waals surface area contributed by atoms with Crippen LogP contribution < -0.4 is 5.32 Å². The summed E-state index contributed by atoms with van der Waals surface area (Å²) < 4.78 is 25.2. The molecule has 1 aliphatic rings. The lowest BCUT2D eigenvalue weighted by Gasteiger charge is -2.21. The molecule has 2 unspecified atom stereocenters. The molecule has 1 N–H and O–H groups in total. The fourth-order valence-corrected chi connectivity index (χ4v) is 5.09. The number of hydrogen-bond donors (Lipinski definition) is 1.